The molecule has 0 saturated heterocycles. The normalized spacial score (nSPS) is 19.3. The predicted octanol–water partition coefficient (Wildman–Crippen LogP) is 3.56. The minimum atomic E-state index is 0. The number of hydrogen-bond acceptors (Lipinski definition) is 2. The molecule has 1 N–H and O–H groups in total. The second-order valence-corrected chi connectivity index (χ2v) is 5.07. The Morgan fingerprint density at radius 3 is 2.67 bits per heavy atom. The average Bonchev–Trinajstić information content (AvgIpc) is 2.30. The third-order valence-corrected chi connectivity index (χ3v) is 3.36. The second kappa shape index (κ2) is 6.81. The first-order valence-corrected chi connectivity index (χ1v) is 6.31. The summed E-state index contributed by atoms with van der Waals surface area (Å²) < 4.78 is 0. The molecule has 1 atom stereocenters. The lowest BCUT2D eigenvalue weighted by molar-refractivity contribution is 0.346. The molecular formula is C15H22ClNO. The Balaban J connectivity index is 0.00000162. The number of para-hydroxylation sites is 1. The molecule has 18 heavy (non-hydrogen) atoms. The van der Waals surface area contributed by atoms with E-state index in [9.17, 15) is 5.11 Å². The molecule has 1 aromatic carbocycles. The number of phenols is 1. The lowest BCUT2D eigenvalue weighted by Gasteiger charge is -2.27. The Labute approximate surface area is 116 Å². The molecule has 0 aliphatic heterocycles. The summed E-state index contributed by atoms with van der Waals surface area (Å²) in [5, 5.41) is 9.96. The van der Waals surface area contributed by atoms with E-state index in [0.29, 0.717) is 11.7 Å². The number of halogens is 1. The van der Waals surface area contributed by atoms with E-state index < -0.39 is 0 Å². The van der Waals surface area contributed by atoms with Gasteiger partial charge in [0.1, 0.15) is 5.75 Å². The summed E-state index contributed by atoms with van der Waals surface area (Å²) in [6, 6.07) is 7.67. The molecule has 0 heterocycles. The van der Waals surface area contributed by atoms with Crippen molar-refractivity contribution >= 4 is 18.0 Å². The fraction of sp³-hybridized carbons (Fsp3) is 0.467. The number of benzene rings is 1. The summed E-state index contributed by atoms with van der Waals surface area (Å²) in [6.45, 7) is 1.06. The van der Waals surface area contributed by atoms with Gasteiger partial charge in [0, 0.05) is 12.1 Å². The maximum Gasteiger partial charge on any atom is 0.123 e. The van der Waals surface area contributed by atoms with Crippen LogP contribution in [0.5, 0.6) is 5.75 Å². The average molecular weight is 268 g/mol. The summed E-state index contributed by atoms with van der Waals surface area (Å²) in [5.74, 6) is 0.955. The van der Waals surface area contributed by atoms with Gasteiger partial charge in [-0.2, -0.15) is 0 Å². The van der Waals surface area contributed by atoms with E-state index in [4.69, 9.17) is 0 Å². The maximum absolute atomic E-state index is 9.96. The van der Waals surface area contributed by atoms with Gasteiger partial charge < -0.3 is 10.0 Å². The predicted molar refractivity (Wildman–Crippen MR) is 79.2 cm³/mol. The van der Waals surface area contributed by atoms with Crippen molar-refractivity contribution in [1.82, 2.24) is 4.90 Å². The van der Waals surface area contributed by atoms with Crippen LogP contribution in [0, 0.1) is 5.92 Å². The fourth-order valence-electron chi connectivity index (χ4n) is 2.62. The van der Waals surface area contributed by atoms with Crippen molar-refractivity contribution in [2.75, 3.05) is 20.6 Å². The van der Waals surface area contributed by atoms with Crippen LogP contribution >= 0.6 is 12.4 Å². The van der Waals surface area contributed by atoms with Crippen LogP contribution in [0.25, 0.3) is 5.57 Å². The molecule has 0 spiro atoms. The van der Waals surface area contributed by atoms with Gasteiger partial charge in [-0.1, -0.05) is 24.3 Å². The number of aromatic hydroxyl groups is 1. The van der Waals surface area contributed by atoms with Crippen LogP contribution in [-0.2, 0) is 0 Å². The minimum Gasteiger partial charge on any atom is -0.507 e. The smallest absolute Gasteiger partial charge is 0.123 e. The molecule has 0 unspecified atom stereocenters. The third kappa shape index (κ3) is 3.50. The van der Waals surface area contributed by atoms with Gasteiger partial charge >= 0.3 is 0 Å². The largest absolute Gasteiger partial charge is 0.507 e. The molecule has 2 rings (SSSR count). The van der Waals surface area contributed by atoms with Gasteiger partial charge in [0.05, 0.1) is 0 Å². The molecule has 0 amide bonds. The van der Waals surface area contributed by atoms with E-state index >= 15 is 0 Å². The highest BCUT2D eigenvalue weighted by atomic mass is 35.5. The molecule has 100 valence electrons. The van der Waals surface area contributed by atoms with Gasteiger partial charge in [0.15, 0.2) is 0 Å². The Kier molecular flexibility index (Phi) is 5.70. The Hall–Kier alpha value is -0.990. The van der Waals surface area contributed by atoms with Crippen molar-refractivity contribution in [3.05, 3.63) is 35.9 Å². The van der Waals surface area contributed by atoms with Crippen molar-refractivity contribution in [2.45, 2.75) is 19.3 Å². The van der Waals surface area contributed by atoms with Crippen LogP contribution in [0.3, 0.4) is 0 Å². The van der Waals surface area contributed by atoms with Gasteiger partial charge in [-0.15, -0.1) is 12.4 Å². The molecule has 0 radical (unpaired) electrons. The lowest BCUT2D eigenvalue weighted by Crippen LogP contribution is -2.24. The molecular weight excluding hydrogens is 246 g/mol. The van der Waals surface area contributed by atoms with Crippen LogP contribution in [0.4, 0.5) is 0 Å². The van der Waals surface area contributed by atoms with Gasteiger partial charge in [0.2, 0.25) is 0 Å². The molecule has 1 aromatic rings. The Morgan fingerprint density at radius 2 is 2.00 bits per heavy atom. The molecule has 0 fully saturated rings. The quantitative estimate of drug-likeness (QED) is 0.905. The van der Waals surface area contributed by atoms with Crippen molar-refractivity contribution < 1.29 is 5.11 Å². The van der Waals surface area contributed by atoms with Gasteiger partial charge in [-0.3, -0.25) is 0 Å². The molecule has 2 nitrogen and oxygen atoms in total. The second-order valence-electron chi connectivity index (χ2n) is 5.07. The van der Waals surface area contributed by atoms with Gasteiger partial charge in [-0.25, -0.2) is 0 Å². The highest BCUT2D eigenvalue weighted by Gasteiger charge is 2.21. The van der Waals surface area contributed by atoms with E-state index in [1.165, 1.54) is 18.4 Å². The first-order chi connectivity index (χ1) is 8.18. The van der Waals surface area contributed by atoms with E-state index in [2.05, 4.69) is 25.1 Å². The summed E-state index contributed by atoms with van der Waals surface area (Å²) >= 11 is 0. The van der Waals surface area contributed by atoms with Crippen LogP contribution in [0.2, 0.25) is 0 Å². The molecule has 3 heteroatoms. The zero-order valence-corrected chi connectivity index (χ0v) is 11.9. The molecule has 0 saturated carbocycles. The van der Waals surface area contributed by atoms with Crippen LogP contribution in [0.1, 0.15) is 24.8 Å². The van der Waals surface area contributed by atoms with E-state index in [1.807, 2.05) is 18.2 Å². The van der Waals surface area contributed by atoms with Crippen LogP contribution in [-0.4, -0.2) is 30.6 Å². The van der Waals surface area contributed by atoms with Gasteiger partial charge in [0.25, 0.3) is 0 Å². The lowest BCUT2D eigenvalue weighted by atomic mass is 9.83. The summed E-state index contributed by atoms with van der Waals surface area (Å²) in [5.41, 5.74) is 2.34. The van der Waals surface area contributed by atoms with Gasteiger partial charge in [-0.05, 0) is 50.9 Å². The highest BCUT2D eigenvalue weighted by molar-refractivity contribution is 5.85. The van der Waals surface area contributed by atoms with Crippen molar-refractivity contribution in [3.63, 3.8) is 0 Å². The van der Waals surface area contributed by atoms with Crippen molar-refractivity contribution in [2.24, 2.45) is 5.92 Å². The summed E-state index contributed by atoms with van der Waals surface area (Å²) in [6.07, 6.45) is 5.91. The van der Waals surface area contributed by atoms with Crippen molar-refractivity contribution in [1.29, 1.82) is 0 Å². The first-order valence-electron chi connectivity index (χ1n) is 6.31. The van der Waals surface area contributed by atoms with E-state index in [1.54, 1.807) is 6.07 Å². The third-order valence-electron chi connectivity index (χ3n) is 3.36. The SMILES string of the molecule is CN(C)C[C@@H]1CCCC=C1c1ccccc1O.Cl. The molecule has 0 aromatic heterocycles. The van der Waals surface area contributed by atoms with Crippen LogP contribution < -0.4 is 0 Å². The zero-order valence-electron chi connectivity index (χ0n) is 11.1. The van der Waals surface area contributed by atoms with E-state index in [-0.39, 0.29) is 12.4 Å². The first kappa shape index (κ1) is 15.1. The Bertz CT molecular complexity index is 415. The molecule has 0 bridgehead atoms. The van der Waals surface area contributed by atoms with E-state index in [0.717, 1.165) is 18.5 Å². The standard InChI is InChI=1S/C15H21NO.ClH/c1-16(2)11-12-7-3-4-8-13(12)14-9-5-6-10-15(14)17;/h5-6,8-10,12,17H,3-4,7,11H2,1-2H3;1H/t12-;/m0./s1. The summed E-state index contributed by atoms with van der Waals surface area (Å²) in [7, 11) is 4.22. The Morgan fingerprint density at radius 1 is 1.28 bits per heavy atom. The highest BCUT2D eigenvalue weighted by Crippen LogP contribution is 2.36. The van der Waals surface area contributed by atoms with Crippen molar-refractivity contribution in [3.8, 4) is 5.75 Å². The topological polar surface area (TPSA) is 23.5 Å². The number of phenolic OH excluding ortho intramolecular Hbond substituents is 1. The monoisotopic (exact) mass is 267 g/mol. The maximum atomic E-state index is 9.96. The molecule has 1 aliphatic carbocycles. The minimum absolute atomic E-state index is 0. The number of hydrogen-bond donors (Lipinski definition) is 1. The number of allylic oxidation sites excluding steroid dienone is 1. The molecule has 1 aliphatic rings. The number of nitrogens with zero attached hydrogens (tertiary/aromatic N) is 1. The zero-order chi connectivity index (χ0) is 12.3. The summed E-state index contributed by atoms with van der Waals surface area (Å²) in [4.78, 5) is 2.23. The van der Waals surface area contributed by atoms with Crippen LogP contribution in [0.15, 0.2) is 30.3 Å². The number of rotatable bonds is 3. The fourth-order valence-corrected chi connectivity index (χ4v) is 2.62.